The van der Waals surface area contributed by atoms with Crippen molar-refractivity contribution in [1.82, 2.24) is 0 Å². The molecule has 4 atom stereocenters. The van der Waals surface area contributed by atoms with Crippen molar-refractivity contribution in [2.24, 2.45) is 17.8 Å². The molecule has 2 aliphatic heterocycles. The summed E-state index contributed by atoms with van der Waals surface area (Å²) in [5, 5.41) is 0. The topological polar surface area (TPSA) is 52.6 Å². The van der Waals surface area contributed by atoms with Crippen LogP contribution < -0.4 is 0 Å². The fourth-order valence-corrected chi connectivity index (χ4v) is 8.08. The number of carbonyl (C=O) groups is 2. The monoisotopic (exact) mass is 354 g/mol. The molecule has 0 bridgehead atoms. The molecule has 0 amide bonds. The van der Waals surface area contributed by atoms with Crippen LogP contribution >= 0.6 is 23.5 Å². The maximum absolute atomic E-state index is 12.5. The Bertz CT molecular complexity index is 553. The highest BCUT2D eigenvalue weighted by atomic mass is 32.2. The van der Waals surface area contributed by atoms with Gasteiger partial charge >= 0.3 is 11.9 Å². The Labute approximate surface area is 145 Å². The van der Waals surface area contributed by atoms with Crippen LogP contribution in [0.5, 0.6) is 0 Å². The summed E-state index contributed by atoms with van der Waals surface area (Å²) < 4.78 is 11.0. The zero-order chi connectivity index (χ0) is 16.0. The summed E-state index contributed by atoms with van der Waals surface area (Å²) in [5.41, 5.74) is 1.37. The molecule has 4 aliphatic rings. The van der Waals surface area contributed by atoms with Crippen molar-refractivity contribution in [1.29, 1.82) is 0 Å². The van der Waals surface area contributed by atoms with Gasteiger partial charge in [0.05, 0.1) is 22.5 Å². The van der Waals surface area contributed by atoms with Crippen LogP contribution in [-0.4, -0.2) is 40.2 Å². The van der Waals surface area contributed by atoms with Crippen molar-refractivity contribution < 1.29 is 19.1 Å². The van der Waals surface area contributed by atoms with Gasteiger partial charge in [-0.2, -0.15) is 0 Å². The first-order chi connectivity index (χ1) is 11.2. The minimum atomic E-state index is -0.366. The average molecular weight is 354 g/mol. The fraction of sp³-hybridized carbons (Fsp3) is 0.765. The maximum atomic E-state index is 12.5. The van der Waals surface area contributed by atoms with Crippen molar-refractivity contribution in [3.8, 4) is 0 Å². The number of hydrogen-bond donors (Lipinski definition) is 0. The molecular weight excluding hydrogens is 332 g/mol. The van der Waals surface area contributed by atoms with E-state index in [1.807, 2.05) is 30.4 Å². The lowest BCUT2D eigenvalue weighted by molar-refractivity contribution is -0.156. The summed E-state index contributed by atoms with van der Waals surface area (Å²) in [4.78, 5) is 24.8. The third kappa shape index (κ3) is 2.44. The molecule has 0 unspecified atom stereocenters. The molecule has 0 radical (unpaired) electrons. The van der Waals surface area contributed by atoms with Crippen LogP contribution in [0.3, 0.4) is 0 Å². The van der Waals surface area contributed by atoms with E-state index in [1.54, 1.807) is 0 Å². The lowest BCUT2D eigenvalue weighted by Crippen LogP contribution is -2.46. The standard InChI is InChI=1S/C17H22O4S2/c1-2-20-15(18)10-4-5-11-14-12(21-16(19)13(10)14)6-7-17(11)22-8-3-9-23-17/h5,10,12-14H,2-4,6-9H2,1H3/t10-,12-,13-,14+/m1/s1. The van der Waals surface area contributed by atoms with Gasteiger partial charge in [-0.05, 0) is 49.7 Å². The number of allylic oxidation sites excluding steroid dienone is 1. The largest absolute Gasteiger partial charge is 0.466 e. The van der Waals surface area contributed by atoms with E-state index in [4.69, 9.17) is 9.47 Å². The molecule has 23 heavy (non-hydrogen) atoms. The van der Waals surface area contributed by atoms with Crippen LogP contribution in [0.2, 0.25) is 0 Å². The minimum absolute atomic E-state index is 0.0373. The molecule has 0 aromatic carbocycles. The van der Waals surface area contributed by atoms with Crippen LogP contribution in [0, 0.1) is 17.8 Å². The Morgan fingerprint density at radius 3 is 2.91 bits per heavy atom. The van der Waals surface area contributed by atoms with Crippen molar-refractivity contribution in [3.05, 3.63) is 11.6 Å². The van der Waals surface area contributed by atoms with E-state index >= 15 is 0 Å². The summed E-state index contributed by atoms with van der Waals surface area (Å²) in [5.74, 6) is 1.32. The van der Waals surface area contributed by atoms with Crippen LogP contribution in [-0.2, 0) is 19.1 Å². The SMILES string of the molecule is CCOC(=O)[C@@H]1CC=C2[C@@H]3[C@@H]1C(=O)O[C@@H]3CCC21SCCCS1. The predicted molar refractivity (Wildman–Crippen MR) is 91.2 cm³/mol. The fourth-order valence-electron chi connectivity index (χ4n) is 4.53. The molecule has 1 spiro atoms. The van der Waals surface area contributed by atoms with Gasteiger partial charge in [-0.3, -0.25) is 9.59 Å². The molecule has 3 fully saturated rings. The lowest BCUT2D eigenvalue weighted by atomic mass is 9.66. The molecule has 4 rings (SSSR count). The number of ether oxygens (including phenoxy) is 2. The normalized spacial score (nSPS) is 37.8. The van der Waals surface area contributed by atoms with Crippen LogP contribution in [0.25, 0.3) is 0 Å². The Kier molecular flexibility index (Phi) is 4.16. The molecule has 0 aromatic rings. The molecule has 2 saturated heterocycles. The predicted octanol–water partition coefficient (Wildman–Crippen LogP) is 3.01. The molecule has 0 aromatic heterocycles. The van der Waals surface area contributed by atoms with E-state index in [9.17, 15) is 9.59 Å². The Morgan fingerprint density at radius 1 is 1.39 bits per heavy atom. The maximum Gasteiger partial charge on any atom is 0.310 e. The van der Waals surface area contributed by atoms with E-state index in [0.29, 0.717) is 13.0 Å². The smallest absolute Gasteiger partial charge is 0.310 e. The van der Waals surface area contributed by atoms with Gasteiger partial charge in [0.1, 0.15) is 6.10 Å². The van der Waals surface area contributed by atoms with Crippen LogP contribution in [0.15, 0.2) is 11.6 Å². The van der Waals surface area contributed by atoms with E-state index in [2.05, 4.69) is 6.08 Å². The third-order valence-electron chi connectivity index (χ3n) is 5.46. The highest BCUT2D eigenvalue weighted by Crippen LogP contribution is 2.61. The third-order valence-corrected chi connectivity index (χ3v) is 8.96. The molecule has 2 heterocycles. The quantitative estimate of drug-likeness (QED) is 0.561. The summed E-state index contributed by atoms with van der Waals surface area (Å²) in [6.45, 7) is 2.17. The first-order valence-electron chi connectivity index (χ1n) is 8.52. The van der Waals surface area contributed by atoms with Gasteiger partial charge in [0.15, 0.2) is 0 Å². The molecule has 1 saturated carbocycles. The highest BCUT2D eigenvalue weighted by molar-refractivity contribution is 8.19. The van der Waals surface area contributed by atoms with Gasteiger partial charge in [-0.1, -0.05) is 6.08 Å². The Hall–Kier alpha value is -0.620. The van der Waals surface area contributed by atoms with Gasteiger partial charge in [0, 0.05) is 5.92 Å². The zero-order valence-corrected chi connectivity index (χ0v) is 14.9. The van der Waals surface area contributed by atoms with E-state index in [1.165, 1.54) is 23.5 Å². The minimum Gasteiger partial charge on any atom is -0.466 e. The number of thioether (sulfide) groups is 2. The first-order valence-corrected chi connectivity index (χ1v) is 10.5. The number of carbonyl (C=O) groups excluding carboxylic acids is 2. The van der Waals surface area contributed by atoms with Crippen LogP contribution in [0.4, 0.5) is 0 Å². The second kappa shape index (κ2) is 6.03. The van der Waals surface area contributed by atoms with Crippen molar-refractivity contribution in [2.45, 2.75) is 42.8 Å². The van der Waals surface area contributed by atoms with Gasteiger partial charge < -0.3 is 9.47 Å². The van der Waals surface area contributed by atoms with Crippen molar-refractivity contribution in [2.75, 3.05) is 18.1 Å². The van der Waals surface area contributed by atoms with Gasteiger partial charge in [-0.15, -0.1) is 23.5 Å². The number of hydrogen-bond acceptors (Lipinski definition) is 6. The number of fused-ring (bicyclic) bond motifs is 1. The first kappa shape index (κ1) is 15.9. The highest BCUT2D eigenvalue weighted by Gasteiger charge is 2.60. The molecule has 4 nitrogen and oxygen atoms in total. The Balaban J connectivity index is 1.69. The van der Waals surface area contributed by atoms with Gasteiger partial charge in [0.2, 0.25) is 0 Å². The average Bonchev–Trinajstić information content (AvgIpc) is 2.90. The van der Waals surface area contributed by atoms with Crippen molar-refractivity contribution in [3.63, 3.8) is 0 Å². The second-order valence-electron chi connectivity index (χ2n) is 6.62. The molecular formula is C17H22O4S2. The summed E-state index contributed by atoms with van der Waals surface area (Å²) in [6.07, 6.45) is 6.05. The molecule has 126 valence electrons. The molecule has 6 heteroatoms. The lowest BCUT2D eigenvalue weighted by Gasteiger charge is -2.48. The zero-order valence-electron chi connectivity index (χ0n) is 13.3. The van der Waals surface area contributed by atoms with E-state index in [-0.39, 0.29) is 39.9 Å². The van der Waals surface area contributed by atoms with Gasteiger partial charge in [-0.25, -0.2) is 0 Å². The van der Waals surface area contributed by atoms with Crippen molar-refractivity contribution >= 4 is 35.5 Å². The Morgan fingerprint density at radius 2 is 2.17 bits per heavy atom. The van der Waals surface area contributed by atoms with E-state index in [0.717, 1.165) is 12.8 Å². The summed E-state index contributed by atoms with van der Waals surface area (Å²) in [7, 11) is 0. The number of rotatable bonds is 2. The van der Waals surface area contributed by atoms with E-state index < -0.39 is 0 Å². The summed E-state index contributed by atoms with van der Waals surface area (Å²) in [6, 6.07) is 0. The molecule has 2 aliphatic carbocycles. The van der Waals surface area contributed by atoms with Gasteiger partial charge in [0.25, 0.3) is 0 Å². The summed E-state index contributed by atoms with van der Waals surface area (Å²) >= 11 is 4.07. The van der Waals surface area contributed by atoms with Crippen LogP contribution in [0.1, 0.15) is 32.6 Å². The number of esters is 2. The molecule has 0 N–H and O–H groups in total. The second-order valence-corrected chi connectivity index (χ2v) is 9.67.